The second-order valence-corrected chi connectivity index (χ2v) is 3.36. The number of carbonyl (C=O) groups is 2. The van der Waals surface area contributed by atoms with Crippen molar-refractivity contribution in [1.82, 2.24) is 10.6 Å². The van der Waals surface area contributed by atoms with E-state index in [0.717, 1.165) is 12.8 Å². The SMILES string of the molecule is C#CCCCCNC(=O)NCC(OC)C(=O)O. The Bertz CT molecular complexity index is 286. The van der Waals surface area contributed by atoms with Crippen molar-refractivity contribution in [2.24, 2.45) is 0 Å². The van der Waals surface area contributed by atoms with E-state index in [9.17, 15) is 9.59 Å². The van der Waals surface area contributed by atoms with Gasteiger partial charge in [0.1, 0.15) is 0 Å². The zero-order valence-corrected chi connectivity index (χ0v) is 9.86. The molecule has 2 amide bonds. The molecular formula is C11H18N2O4. The summed E-state index contributed by atoms with van der Waals surface area (Å²) in [4.78, 5) is 21.8. The lowest BCUT2D eigenvalue weighted by Crippen LogP contribution is -2.43. The van der Waals surface area contributed by atoms with Gasteiger partial charge in [-0.15, -0.1) is 12.3 Å². The number of ether oxygens (including phenoxy) is 1. The predicted molar refractivity (Wildman–Crippen MR) is 62.5 cm³/mol. The Morgan fingerprint density at radius 1 is 1.41 bits per heavy atom. The van der Waals surface area contributed by atoms with Crippen LogP contribution in [0.15, 0.2) is 0 Å². The van der Waals surface area contributed by atoms with E-state index in [4.69, 9.17) is 11.5 Å². The third-order valence-electron chi connectivity index (χ3n) is 2.04. The van der Waals surface area contributed by atoms with Crippen molar-refractivity contribution in [3.8, 4) is 12.3 Å². The van der Waals surface area contributed by atoms with E-state index in [1.807, 2.05) is 0 Å². The van der Waals surface area contributed by atoms with Crippen LogP contribution in [-0.4, -0.2) is 43.4 Å². The first-order valence-corrected chi connectivity index (χ1v) is 5.32. The molecule has 0 fully saturated rings. The number of hydrogen-bond acceptors (Lipinski definition) is 3. The number of terminal acetylenes is 1. The molecular weight excluding hydrogens is 224 g/mol. The number of aliphatic carboxylic acids is 1. The number of methoxy groups -OCH3 is 1. The fraction of sp³-hybridized carbons (Fsp3) is 0.636. The second kappa shape index (κ2) is 9.48. The van der Waals surface area contributed by atoms with Gasteiger partial charge in [0, 0.05) is 20.1 Å². The van der Waals surface area contributed by atoms with Crippen LogP contribution in [-0.2, 0) is 9.53 Å². The summed E-state index contributed by atoms with van der Waals surface area (Å²) in [7, 11) is 1.28. The maximum Gasteiger partial charge on any atom is 0.334 e. The lowest BCUT2D eigenvalue weighted by Gasteiger charge is -2.12. The average Bonchev–Trinajstić information content (AvgIpc) is 2.29. The van der Waals surface area contributed by atoms with Gasteiger partial charge in [0.25, 0.3) is 0 Å². The molecule has 0 aromatic carbocycles. The topological polar surface area (TPSA) is 87.7 Å². The van der Waals surface area contributed by atoms with Gasteiger partial charge in [0.15, 0.2) is 6.10 Å². The molecule has 3 N–H and O–H groups in total. The van der Waals surface area contributed by atoms with Gasteiger partial charge in [0.05, 0.1) is 6.54 Å². The minimum atomic E-state index is -1.11. The quantitative estimate of drug-likeness (QED) is 0.419. The molecule has 0 aromatic rings. The summed E-state index contributed by atoms with van der Waals surface area (Å²) in [6.45, 7) is 0.445. The van der Waals surface area contributed by atoms with Gasteiger partial charge in [-0.25, -0.2) is 9.59 Å². The van der Waals surface area contributed by atoms with Crippen molar-refractivity contribution in [2.75, 3.05) is 20.2 Å². The van der Waals surface area contributed by atoms with E-state index in [-0.39, 0.29) is 6.54 Å². The molecule has 0 saturated carbocycles. The first-order valence-electron chi connectivity index (χ1n) is 5.32. The minimum absolute atomic E-state index is 0.0674. The molecule has 0 rings (SSSR count). The lowest BCUT2D eigenvalue weighted by atomic mass is 10.2. The Labute approximate surface area is 101 Å². The van der Waals surface area contributed by atoms with Crippen molar-refractivity contribution in [2.45, 2.75) is 25.4 Å². The molecule has 1 atom stereocenters. The maximum atomic E-state index is 11.2. The van der Waals surface area contributed by atoms with Crippen molar-refractivity contribution in [1.29, 1.82) is 0 Å². The summed E-state index contributed by atoms with van der Waals surface area (Å²) in [5.41, 5.74) is 0. The third kappa shape index (κ3) is 8.11. The molecule has 0 aliphatic heterocycles. The largest absolute Gasteiger partial charge is 0.479 e. The fourth-order valence-corrected chi connectivity index (χ4v) is 1.07. The number of hydrogen-bond donors (Lipinski definition) is 3. The second-order valence-electron chi connectivity index (χ2n) is 3.36. The molecule has 0 aliphatic rings. The Hall–Kier alpha value is -1.74. The number of unbranched alkanes of at least 4 members (excludes halogenated alkanes) is 2. The molecule has 17 heavy (non-hydrogen) atoms. The fourth-order valence-electron chi connectivity index (χ4n) is 1.07. The highest BCUT2D eigenvalue weighted by Crippen LogP contribution is 1.91. The normalized spacial score (nSPS) is 11.3. The molecule has 0 spiro atoms. The molecule has 0 aliphatic carbocycles. The Morgan fingerprint density at radius 2 is 2.12 bits per heavy atom. The number of amides is 2. The smallest absolute Gasteiger partial charge is 0.334 e. The number of urea groups is 1. The van der Waals surface area contributed by atoms with Crippen molar-refractivity contribution in [3.63, 3.8) is 0 Å². The van der Waals surface area contributed by atoms with Gasteiger partial charge < -0.3 is 20.5 Å². The average molecular weight is 242 g/mol. The van der Waals surface area contributed by atoms with Gasteiger partial charge in [-0.1, -0.05) is 0 Å². The molecule has 6 nitrogen and oxygen atoms in total. The summed E-state index contributed by atoms with van der Waals surface area (Å²) >= 11 is 0. The standard InChI is InChI=1S/C11H18N2O4/c1-3-4-5-6-7-12-11(16)13-8-9(17-2)10(14)15/h1,9H,4-8H2,2H3,(H,14,15)(H2,12,13,16). The molecule has 0 saturated heterocycles. The van der Waals surface area contributed by atoms with E-state index in [2.05, 4.69) is 21.3 Å². The van der Waals surface area contributed by atoms with Gasteiger partial charge >= 0.3 is 12.0 Å². The van der Waals surface area contributed by atoms with Crippen LogP contribution in [0.4, 0.5) is 4.79 Å². The number of rotatable bonds is 8. The van der Waals surface area contributed by atoms with Gasteiger partial charge in [-0.3, -0.25) is 0 Å². The molecule has 6 heteroatoms. The summed E-state index contributed by atoms with van der Waals surface area (Å²) < 4.78 is 4.66. The molecule has 0 radical (unpaired) electrons. The maximum absolute atomic E-state index is 11.2. The molecule has 96 valence electrons. The summed E-state index contributed by atoms with van der Waals surface area (Å²) in [5.74, 6) is 1.40. The van der Waals surface area contributed by atoms with Crippen LogP contribution in [0.25, 0.3) is 0 Å². The van der Waals surface area contributed by atoms with Gasteiger partial charge in [-0.05, 0) is 12.8 Å². The van der Waals surface area contributed by atoms with Crippen LogP contribution < -0.4 is 10.6 Å². The van der Waals surface area contributed by atoms with Crippen LogP contribution in [0.3, 0.4) is 0 Å². The Balaban J connectivity index is 3.59. The van der Waals surface area contributed by atoms with Crippen LogP contribution in [0.2, 0.25) is 0 Å². The van der Waals surface area contributed by atoms with Crippen LogP contribution in [0, 0.1) is 12.3 Å². The van der Waals surface area contributed by atoms with E-state index < -0.39 is 18.1 Å². The summed E-state index contributed by atoms with van der Waals surface area (Å²) in [6, 6.07) is -0.408. The van der Waals surface area contributed by atoms with Crippen molar-refractivity contribution >= 4 is 12.0 Å². The molecule has 1 unspecified atom stereocenters. The monoisotopic (exact) mass is 242 g/mol. The first-order chi connectivity index (χ1) is 8.11. The van der Waals surface area contributed by atoms with E-state index in [1.165, 1.54) is 7.11 Å². The number of nitrogens with one attached hydrogen (secondary N) is 2. The summed E-state index contributed by atoms with van der Waals surface area (Å²) in [6.07, 6.45) is 6.39. The number of carbonyl (C=O) groups excluding carboxylic acids is 1. The molecule has 0 aromatic heterocycles. The Morgan fingerprint density at radius 3 is 2.65 bits per heavy atom. The van der Waals surface area contributed by atoms with Crippen molar-refractivity contribution in [3.05, 3.63) is 0 Å². The Kier molecular flexibility index (Phi) is 8.51. The molecule has 0 heterocycles. The zero-order valence-electron chi connectivity index (χ0n) is 9.86. The predicted octanol–water partition coefficient (Wildman–Crippen LogP) is 0.189. The van der Waals surface area contributed by atoms with Crippen LogP contribution in [0.1, 0.15) is 19.3 Å². The third-order valence-corrected chi connectivity index (χ3v) is 2.04. The van der Waals surface area contributed by atoms with Crippen molar-refractivity contribution < 1.29 is 19.4 Å². The number of carboxylic acids is 1. The highest BCUT2D eigenvalue weighted by molar-refractivity contribution is 5.76. The zero-order chi connectivity index (χ0) is 13.1. The molecule has 0 bridgehead atoms. The highest BCUT2D eigenvalue weighted by Gasteiger charge is 2.16. The van der Waals surface area contributed by atoms with Gasteiger partial charge in [-0.2, -0.15) is 0 Å². The highest BCUT2D eigenvalue weighted by atomic mass is 16.5. The number of carboxylic acid groups (broad SMARTS) is 1. The van der Waals surface area contributed by atoms with Gasteiger partial charge in [0.2, 0.25) is 0 Å². The first kappa shape index (κ1) is 15.3. The van der Waals surface area contributed by atoms with Crippen LogP contribution >= 0.6 is 0 Å². The minimum Gasteiger partial charge on any atom is -0.479 e. The summed E-state index contributed by atoms with van der Waals surface area (Å²) in [5, 5.41) is 13.6. The van der Waals surface area contributed by atoms with E-state index in [0.29, 0.717) is 13.0 Å². The lowest BCUT2D eigenvalue weighted by molar-refractivity contribution is -0.147. The van der Waals surface area contributed by atoms with E-state index >= 15 is 0 Å². The van der Waals surface area contributed by atoms with Crippen LogP contribution in [0.5, 0.6) is 0 Å². The van der Waals surface area contributed by atoms with E-state index in [1.54, 1.807) is 0 Å².